The van der Waals surface area contributed by atoms with Gasteiger partial charge >= 0.3 is 0 Å². The number of aliphatic hydroxyl groups is 1. The van der Waals surface area contributed by atoms with Crippen molar-refractivity contribution in [3.05, 3.63) is 0 Å². The Morgan fingerprint density at radius 2 is 1.47 bits per heavy atom. The molecule has 3 nitrogen and oxygen atoms in total. The van der Waals surface area contributed by atoms with Crippen molar-refractivity contribution >= 4 is 0 Å². The normalized spacial score (nSPS) is 19.3. The van der Waals surface area contributed by atoms with Crippen LogP contribution < -0.4 is 0 Å². The van der Waals surface area contributed by atoms with Gasteiger partial charge in [-0.2, -0.15) is 0 Å². The van der Waals surface area contributed by atoms with Gasteiger partial charge in [0.05, 0.1) is 31.0 Å². The number of hydrogen-bond acceptors (Lipinski definition) is 3. The number of aliphatic hydroxyl groups excluding tert-OH is 1. The predicted molar refractivity (Wildman–Crippen MR) is 80.4 cm³/mol. The van der Waals surface area contributed by atoms with E-state index in [1.807, 2.05) is 13.8 Å². The molecule has 0 saturated heterocycles. The topological polar surface area (TPSA) is 38.7 Å². The minimum absolute atomic E-state index is 0.0312. The third-order valence-corrected chi connectivity index (χ3v) is 3.45. The molecule has 0 amide bonds. The Kier molecular flexibility index (Phi) is 7.56. The van der Waals surface area contributed by atoms with E-state index in [1.54, 1.807) is 0 Å². The van der Waals surface area contributed by atoms with E-state index >= 15 is 0 Å². The van der Waals surface area contributed by atoms with E-state index in [1.165, 1.54) is 0 Å². The van der Waals surface area contributed by atoms with Crippen LogP contribution in [-0.2, 0) is 9.47 Å². The van der Waals surface area contributed by atoms with E-state index in [2.05, 4.69) is 41.5 Å². The van der Waals surface area contributed by atoms with Gasteiger partial charge in [0.25, 0.3) is 0 Å². The number of ether oxygens (including phenoxy) is 2. The van der Waals surface area contributed by atoms with Gasteiger partial charge in [-0.3, -0.25) is 0 Å². The molecule has 0 saturated carbocycles. The predicted octanol–water partition coefficient (Wildman–Crippen LogP) is 3.64. The Bertz CT molecular complexity index is 245. The molecule has 0 fully saturated rings. The van der Waals surface area contributed by atoms with Crippen molar-refractivity contribution in [3.63, 3.8) is 0 Å². The van der Waals surface area contributed by atoms with Crippen molar-refractivity contribution in [2.75, 3.05) is 13.2 Å². The Hall–Kier alpha value is -0.120. The first-order valence-electron chi connectivity index (χ1n) is 7.40. The Labute approximate surface area is 119 Å². The first kappa shape index (κ1) is 18.9. The summed E-state index contributed by atoms with van der Waals surface area (Å²) in [5, 5.41) is 8.96. The summed E-state index contributed by atoms with van der Waals surface area (Å²) in [4.78, 5) is 0. The standard InChI is InChI=1S/C16H34O3/c1-12(2)16(8,11-15(5,6)7)19-14(4)10-18-13(3)9-17/h12-14,17H,9-11H2,1-8H3. The van der Waals surface area contributed by atoms with Crippen LogP contribution >= 0.6 is 0 Å². The second kappa shape index (κ2) is 7.61. The molecule has 0 aromatic carbocycles. The minimum Gasteiger partial charge on any atom is -0.394 e. The SMILES string of the molecule is CC(CO)OCC(C)OC(C)(CC(C)(C)C)C(C)C. The summed E-state index contributed by atoms with van der Waals surface area (Å²) in [6.45, 7) is 17.8. The number of hydrogen-bond donors (Lipinski definition) is 1. The van der Waals surface area contributed by atoms with Gasteiger partial charge < -0.3 is 14.6 Å². The molecule has 116 valence electrons. The van der Waals surface area contributed by atoms with Gasteiger partial charge in [-0.1, -0.05) is 34.6 Å². The molecule has 0 aliphatic carbocycles. The van der Waals surface area contributed by atoms with Crippen molar-refractivity contribution in [2.45, 2.75) is 79.6 Å². The minimum atomic E-state index is -0.149. The van der Waals surface area contributed by atoms with E-state index in [4.69, 9.17) is 14.6 Å². The maximum atomic E-state index is 8.96. The summed E-state index contributed by atoms with van der Waals surface area (Å²) in [5.41, 5.74) is 0.0848. The Morgan fingerprint density at radius 1 is 0.947 bits per heavy atom. The fourth-order valence-electron chi connectivity index (χ4n) is 2.28. The van der Waals surface area contributed by atoms with Gasteiger partial charge in [0, 0.05) is 0 Å². The van der Waals surface area contributed by atoms with Gasteiger partial charge in [-0.15, -0.1) is 0 Å². The fourth-order valence-corrected chi connectivity index (χ4v) is 2.28. The van der Waals surface area contributed by atoms with E-state index in [-0.39, 0.29) is 29.8 Å². The molecule has 19 heavy (non-hydrogen) atoms. The van der Waals surface area contributed by atoms with Gasteiger partial charge in [0.2, 0.25) is 0 Å². The lowest BCUT2D eigenvalue weighted by atomic mass is 9.77. The van der Waals surface area contributed by atoms with Crippen LogP contribution in [0.2, 0.25) is 0 Å². The summed E-state index contributed by atoms with van der Waals surface area (Å²) < 4.78 is 11.8. The van der Waals surface area contributed by atoms with Crippen molar-refractivity contribution < 1.29 is 14.6 Å². The molecule has 0 bridgehead atoms. The van der Waals surface area contributed by atoms with Gasteiger partial charge in [-0.05, 0) is 38.5 Å². The van der Waals surface area contributed by atoms with Crippen LogP contribution in [0.15, 0.2) is 0 Å². The van der Waals surface area contributed by atoms with Crippen LogP contribution in [0.25, 0.3) is 0 Å². The smallest absolute Gasteiger partial charge is 0.0788 e. The molecule has 0 heterocycles. The molecule has 1 N–H and O–H groups in total. The largest absolute Gasteiger partial charge is 0.394 e. The number of rotatable bonds is 8. The van der Waals surface area contributed by atoms with Crippen LogP contribution in [0.4, 0.5) is 0 Å². The zero-order valence-corrected chi connectivity index (χ0v) is 14.1. The van der Waals surface area contributed by atoms with Crippen LogP contribution in [0.1, 0.15) is 61.8 Å². The fraction of sp³-hybridized carbons (Fsp3) is 1.00. The molecule has 0 aromatic heterocycles. The third kappa shape index (κ3) is 7.91. The molecule has 0 aliphatic heterocycles. The summed E-state index contributed by atoms with van der Waals surface area (Å²) in [5.74, 6) is 0.449. The summed E-state index contributed by atoms with van der Waals surface area (Å²) >= 11 is 0. The molecule has 3 unspecified atom stereocenters. The molecule has 0 rings (SSSR count). The second-order valence-corrected chi connectivity index (χ2v) is 7.46. The maximum Gasteiger partial charge on any atom is 0.0788 e. The third-order valence-electron chi connectivity index (χ3n) is 3.45. The highest BCUT2D eigenvalue weighted by molar-refractivity contribution is 4.85. The van der Waals surface area contributed by atoms with Crippen molar-refractivity contribution in [1.82, 2.24) is 0 Å². The van der Waals surface area contributed by atoms with Crippen LogP contribution in [0.3, 0.4) is 0 Å². The molecule has 0 aliphatic rings. The van der Waals surface area contributed by atoms with Crippen LogP contribution in [0.5, 0.6) is 0 Å². The van der Waals surface area contributed by atoms with Gasteiger partial charge in [0.1, 0.15) is 0 Å². The molecule has 0 aromatic rings. The zero-order chi connectivity index (χ0) is 15.3. The van der Waals surface area contributed by atoms with Crippen molar-refractivity contribution in [3.8, 4) is 0 Å². The van der Waals surface area contributed by atoms with E-state index < -0.39 is 0 Å². The van der Waals surface area contributed by atoms with Crippen molar-refractivity contribution in [2.24, 2.45) is 11.3 Å². The van der Waals surface area contributed by atoms with Crippen molar-refractivity contribution in [1.29, 1.82) is 0 Å². The first-order valence-corrected chi connectivity index (χ1v) is 7.40. The summed E-state index contributed by atoms with van der Waals surface area (Å²) in [6.07, 6.45) is 0.917. The molecule has 0 radical (unpaired) electrons. The molecular weight excluding hydrogens is 240 g/mol. The highest BCUT2D eigenvalue weighted by Gasteiger charge is 2.35. The second-order valence-electron chi connectivity index (χ2n) is 7.46. The van der Waals surface area contributed by atoms with Gasteiger partial charge in [0.15, 0.2) is 0 Å². The molecule has 3 atom stereocenters. The molecule has 0 spiro atoms. The van der Waals surface area contributed by atoms with E-state index in [0.29, 0.717) is 12.5 Å². The summed E-state index contributed by atoms with van der Waals surface area (Å²) in [6, 6.07) is 0. The lowest BCUT2D eigenvalue weighted by Crippen LogP contribution is -2.42. The molecular formula is C16H34O3. The average molecular weight is 274 g/mol. The highest BCUT2D eigenvalue weighted by atomic mass is 16.6. The van der Waals surface area contributed by atoms with Crippen LogP contribution in [-0.4, -0.2) is 36.1 Å². The Morgan fingerprint density at radius 3 is 1.84 bits per heavy atom. The lowest BCUT2D eigenvalue weighted by Gasteiger charge is -2.41. The average Bonchev–Trinajstić information content (AvgIpc) is 2.22. The monoisotopic (exact) mass is 274 g/mol. The first-order chi connectivity index (χ1) is 8.50. The van der Waals surface area contributed by atoms with Crippen LogP contribution in [0, 0.1) is 11.3 Å². The quantitative estimate of drug-likeness (QED) is 0.734. The maximum absolute atomic E-state index is 8.96. The van der Waals surface area contributed by atoms with Gasteiger partial charge in [-0.25, -0.2) is 0 Å². The summed E-state index contributed by atoms with van der Waals surface area (Å²) in [7, 11) is 0. The molecule has 3 heteroatoms. The Balaban J connectivity index is 4.49. The lowest BCUT2D eigenvalue weighted by molar-refractivity contribution is -0.147. The van der Waals surface area contributed by atoms with E-state index in [9.17, 15) is 0 Å². The zero-order valence-electron chi connectivity index (χ0n) is 14.1. The highest BCUT2D eigenvalue weighted by Crippen LogP contribution is 2.35. The van der Waals surface area contributed by atoms with E-state index in [0.717, 1.165) is 6.42 Å².